The standard InChI is InChI=1S/C10H15F3N4S/c11-10(12,13)8-16-9(18-17-8)15-5-3-7-2-1-4-14-6-7/h7,14H,1-6H2,(H,15,16,17). The average molecular weight is 280 g/mol. The summed E-state index contributed by atoms with van der Waals surface area (Å²) in [6.07, 6.45) is -1.17. The Morgan fingerprint density at radius 2 is 2.28 bits per heavy atom. The van der Waals surface area contributed by atoms with Gasteiger partial charge in [0.05, 0.1) is 0 Å². The fraction of sp³-hybridized carbons (Fsp3) is 0.800. The first-order valence-corrected chi connectivity index (χ1v) is 6.68. The summed E-state index contributed by atoms with van der Waals surface area (Å²) in [5.41, 5.74) is 0. The first-order chi connectivity index (χ1) is 8.55. The van der Waals surface area contributed by atoms with Crippen molar-refractivity contribution < 1.29 is 13.2 Å². The summed E-state index contributed by atoms with van der Waals surface area (Å²) in [5.74, 6) is -0.462. The molecule has 2 rings (SSSR count). The maximum atomic E-state index is 12.3. The summed E-state index contributed by atoms with van der Waals surface area (Å²) in [6.45, 7) is 2.69. The van der Waals surface area contributed by atoms with Crippen molar-refractivity contribution in [1.82, 2.24) is 14.7 Å². The first kappa shape index (κ1) is 13.5. The topological polar surface area (TPSA) is 49.8 Å². The number of anilines is 1. The third kappa shape index (κ3) is 3.81. The van der Waals surface area contributed by atoms with Crippen LogP contribution < -0.4 is 10.6 Å². The summed E-state index contributed by atoms with van der Waals surface area (Å²) >= 11 is 0.755. The molecule has 102 valence electrons. The Bertz CT molecular complexity index is 373. The molecule has 0 radical (unpaired) electrons. The Labute approximate surface area is 107 Å². The van der Waals surface area contributed by atoms with Crippen LogP contribution in [-0.2, 0) is 6.18 Å². The van der Waals surface area contributed by atoms with Gasteiger partial charge in [-0.05, 0) is 38.3 Å². The molecule has 0 spiro atoms. The monoisotopic (exact) mass is 280 g/mol. The second-order valence-electron chi connectivity index (χ2n) is 4.35. The van der Waals surface area contributed by atoms with Crippen LogP contribution in [0.3, 0.4) is 0 Å². The van der Waals surface area contributed by atoms with E-state index in [-0.39, 0.29) is 5.13 Å². The molecule has 1 fully saturated rings. The van der Waals surface area contributed by atoms with Crippen LogP contribution in [0.25, 0.3) is 0 Å². The van der Waals surface area contributed by atoms with Crippen molar-refractivity contribution in [2.75, 3.05) is 25.0 Å². The summed E-state index contributed by atoms with van der Waals surface area (Å²) in [4.78, 5) is 3.42. The Morgan fingerprint density at radius 3 is 2.89 bits per heavy atom. The molecule has 1 aromatic rings. The average Bonchev–Trinajstić information content (AvgIpc) is 2.79. The first-order valence-electron chi connectivity index (χ1n) is 5.91. The largest absolute Gasteiger partial charge is 0.452 e. The van der Waals surface area contributed by atoms with Crippen molar-refractivity contribution in [3.63, 3.8) is 0 Å². The molecule has 0 saturated carbocycles. The molecule has 0 amide bonds. The minimum atomic E-state index is -4.45. The van der Waals surface area contributed by atoms with E-state index < -0.39 is 12.0 Å². The van der Waals surface area contributed by atoms with E-state index in [1.807, 2.05) is 0 Å². The lowest BCUT2D eigenvalue weighted by atomic mass is 9.96. The van der Waals surface area contributed by atoms with Gasteiger partial charge in [0.1, 0.15) is 0 Å². The molecule has 1 saturated heterocycles. The minimum absolute atomic E-state index is 0.242. The Hall–Kier alpha value is -0.890. The summed E-state index contributed by atoms with van der Waals surface area (Å²) in [6, 6.07) is 0. The molecule has 1 aliphatic rings. The van der Waals surface area contributed by atoms with Crippen molar-refractivity contribution >= 4 is 16.7 Å². The highest BCUT2D eigenvalue weighted by Crippen LogP contribution is 2.28. The number of alkyl halides is 3. The second kappa shape index (κ2) is 5.83. The van der Waals surface area contributed by atoms with Crippen LogP contribution in [0.1, 0.15) is 25.1 Å². The van der Waals surface area contributed by atoms with Gasteiger partial charge in [-0.15, -0.1) is 0 Å². The number of nitrogens with one attached hydrogen (secondary N) is 2. The third-order valence-corrected chi connectivity index (χ3v) is 3.58. The Balaban J connectivity index is 1.74. The molecule has 1 aliphatic heterocycles. The quantitative estimate of drug-likeness (QED) is 0.889. The lowest BCUT2D eigenvalue weighted by molar-refractivity contribution is -0.144. The van der Waals surface area contributed by atoms with E-state index >= 15 is 0 Å². The molecule has 4 nitrogen and oxygen atoms in total. The van der Waals surface area contributed by atoms with Gasteiger partial charge in [-0.1, -0.05) is 0 Å². The molecule has 18 heavy (non-hydrogen) atoms. The third-order valence-electron chi connectivity index (χ3n) is 2.91. The molecule has 1 aromatic heterocycles. The molecule has 2 N–H and O–H groups in total. The molecule has 0 aromatic carbocycles. The van der Waals surface area contributed by atoms with Crippen molar-refractivity contribution in [3.8, 4) is 0 Å². The van der Waals surface area contributed by atoms with Gasteiger partial charge in [-0.3, -0.25) is 0 Å². The van der Waals surface area contributed by atoms with Crippen molar-refractivity contribution in [3.05, 3.63) is 5.82 Å². The molecule has 0 aliphatic carbocycles. The van der Waals surface area contributed by atoms with Gasteiger partial charge in [0.2, 0.25) is 11.0 Å². The smallest absolute Gasteiger partial charge is 0.360 e. The molecule has 0 bridgehead atoms. The highest BCUT2D eigenvalue weighted by molar-refractivity contribution is 7.09. The molecule has 1 unspecified atom stereocenters. The number of halogens is 3. The van der Waals surface area contributed by atoms with Crippen LogP contribution in [0.15, 0.2) is 0 Å². The van der Waals surface area contributed by atoms with E-state index in [0.717, 1.165) is 31.0 Å². The fourth-order valence-corrected chi connectivity index (χ4v) is 2.58. The highest BCUT2D eigenvalue weighted by atomic mass is 32.1. The van der Waals surface area contributed by atoms with Gasteiger partial charge in [0, 0.05) is 18.1 Å². The van der Waals surface area contributed by atoms with Crippen molar-refractivity contribution in [1.29, 1.82) is 0 Å². The molecule has 2 heterocycles. The van der Waals surface area contributed by atoms with Gasteiger partial charge >= 0.3 is 6.18 Å². The fourth-order valence-electron chi connectivity index (χ4n) is 1.96. The van der Waals surface area contributed by atoms with E-state index in [4.69, 9.17) is 0 Å². The summed E-state index contributed by atoms with van der Waals surface area (Å²) < 4.78 is 40.1. The minimum Gasteiger partial charge on any atom is -0.360 e. The predicted octanol–water partition coefficient (Wildman–Crippen LogP) is 2.36. The van der Waals surface area contributed by atoms with Crippen LogP contribution in [-0.4, -0.2) is 29.0 Å². The zero-order chi connectivity index (χ0) is 13.0. The maximum absolute atomic E-state index is 12.3. The molecular formula is C10H15F3N4S. The Morgan fingerprint density at radius 1 is 1.44 bits per heavy atom. The van der Waals surface area contributed by atoms with E-state index in [9.17, 15) is 13.2 Å². The second-order valence-corrected chi connectivity index (χ2v) is 5.10. The van der Waals surface area contributed by atoms with Gasteiger partial charge in [0.15, 0.2) is 0 Å². The SMILES string of the molecule is FC(F)(F)c1nsc(NCCC2CCCNC2)n1. The summed E-state index contributed by atoms with van der Waals surface area (Å²) in [5, 5.41) is 6.45. The van der Waals surface area contributed by atoms with Crippen molar-refractivity contribution in [2.45, 2.75) is 25.4 Å². The normalized spacial score (nSPS) is 20.9. The number of aromatic nitrogens is 2. The van der Waals surface area contributed by atoms with Gasteiger partial charge in [0.25, 0.3) is 0 Å². The highest BCUT2D eigenvalue weighted by Gasteiger charge is 2.36. The van der Waals surface area contributed by atoms with E-state index in [0.29, 0.717) is 12.5 Å². The molecule has 1 atom stereocenters. The lowest BCUT2D eigenvalue weighted by Gasteiger charge is -2.22. The number of nitrogens with zero attached hydrogens (tertiary/aromatic N) is 2. The van der Waals surface area contributed by atoms with E-state index in [1.165, 1.54) is 12.8 Å². The van der Waals surface area contributed by atoms with Crippen LogP contribution in [0.4, 0.5) is 18.3 Å². The summed E-state index contributed by atoms with van der Waals surface area (Å²) in [7, 11) is 0. The molecule has 8 heteroatoms. The van der Waals surface area contributed by atoms with E-state index in [2.05, 4.69) is 20.0 Å². The predicted molar refractivity (Wildman–Crippen MR) is 63.6 cm³/mol. The van der Waals surface area contributed by atoms with Crippen molar-refractivity contribution in [2.24, 2.45) is 5.92 Å². The van der Waals surface area contributed by atoms with E-state index in [1.54, 1.807) is 0 Å². The Kier molecular flexibility index (Phi) is 4.39. The van der Waals surface area contributed by atoms with Crippen LogP contribution in [0.5, 0.6) is 0 Å². The molecular weight excluding hydrogens is 265 g/mol. The van der Waals surface area contributed by atoms with Gasteiger partial charge in [-0.25, -0.2) is 0 Å². The van der Waals surface area contributed by atoms with Crippen LogP contribution in [0.2, 0.25) is 0 Å². The number of hydrogen-bond acceptors (Lipinski definition) is 5. The number of rotatable bonds is 4. The van der Waals surface area contributed by atoms with Crippen LogP contribution >= 0.6 is 11.5 Å². The van der Waals surface area contributed by atoms with Crippen LogP contribution in [0, 0.1) is 5.92 Å². The number of hydrogen-bond donors (Lipinski definition) is 2. The lowest BCUT2D eigenvalue weighted by Crippen LogP contribution is -2.30. The zero-order valence-electron chi connectivity index (χ0n) is 9.76. The maximum Gasteiger partial charge on any atom is 0.452 e. The van der Waals surface area contributed by atoms with Gasteiger partial charge < -0.3 is 10.6 Å². The van der Waals surface area contributed by atoms with Gasteiger partial charge in [-0.2, -0.15) is 22.5 Å². The zero-order valence-corrected chi connectivity index (χ0v) is 10.6. The number of piperidine rings is 1.